The Bertz CT molecular complexity index is 1340. The molecule has 2 fully saturated rings. The van der Waals surface area contributed by atoms with E-state index in [1.54, 1.807) is 0 Å². The molecule has 3 aromatic rings. The number of nitrogens with zero attached hydrogens (tertiary/aromatic N) is 5. The average molecular weight is 497 g/mol. The normalized spacial score (nSPS) is 20.2. The maximum absolute atomic E-state index is 10.4. The summed E-state index contributed by atoms with van der Waals surface area (Å²) in [6.07, 6.45) is 3.19. The number of piperazine rings is 1. The number of nitrogens with one attached hydrogen (secondary N) is 1. The lowest BCUT2D eigenvalue weighted by Crippen LogP contribution is -2.45. The van der Waals surface area contributed by atoms with Crippen molar-refractivity contribution in [1.82, 2.24) is 15.2 Å². The number of nitriles is 1. The van der Waals surface area contributed by atoms with E-state index < -0.39 is 0 Å². The first-order valence-electron chi connectivity index (χ1n) is 13.6. The van der Waals surface area contributed by atoms with E-state index in [4.69, 9.17) is 9.72 Å². The summed E-state index contributed by atoms with van der Waals surface area (Å²) >= 11 is 0. The second kappa shape index (κ2) is 10.2. The molecule has 1 unspecified atom stereocenters. The second-order valence-electron chi connectivity index (χ2n) is 10.6. The predicted octanol–water partition coefficient (Wildman–Crippen LogP) is 3.86. The molecule has 3 aliphatic rings. The molecular formula is C30H36N6O. The number of hydrogen-bond acceptors (Lipinski definition) is 7. The quantitative estimate of drug-likeness (QED) is 0.575. The van der Waals surface area contributed by atoms with Crippen LogP contribution in [0.1, 0.15) is 35.1 Å². The van der Waals surface area contributed by atoms with Gasteiger partial charge in [0.05, 0.1) is 0 Å². The van der Waals surface area contributed by atoms with Crippen LogP contribution in [0.4, 0.5) is 11.5 Å². The van der Waals surface area contributed by atoms with Gasteiger partial charge in [0.1, 0.15) is 24.1 Å². The van der Waals surface area contributed by atoms with Gasteiger partial charge in [0.15, 0.2) is 0 Å². The fourth-order valence-electron chi connectivity index (χ4n) is 6.29. The lowest BCUT2D eigenvalue weighted by molar-refractivity contribution is 0.193. The number of aryl methyl sites for hydroxylation is 1. The lowest BCUT2D eigenvalue weighted by Gasteiger charge is -2.37. The first-order chi connectivity index (χ1) is 18.1. The molecular weight excluding hydrogens is 460 g/mol. The van der Waals surface area contributed by atoms with Gasteiger partial charge in [-0.05, 0) is 56.8 Å². The van der Waals surface area contributed by atoms with Crippen LogP contribution < -0.4 is 19.9 Å². The number of likely N-dealkylation sites (tertiary alicyclic amines) is 1. The van der Waals surface area contributed by atoms with Crippen LogP contribution in [0, 0.1) is 18.3 Å². The van der Waals surface area contributed by atoms with E-state index in [-0.39, 0.29) is 0 Å². The zero-order valence-corrected chi connectivity index (χ0v) is 22.0. The number of aromatic nitrogens is 1. The molecule has 0 bridgehead atoms. The third-order valence-corrected chi connectivity index (χ3v) is 8.38. The summed E-state index contributed by atoms with van der Waals surface area (Å²) in [6, 6.07) is 15.9. The highest BCUT2D eigenvalue weighted by atomic mass is 16.5. The Labute approximate surface area is 219 Å². The van der Waals surface area contributed by atoms with E-state index in [1.165, 1.54) is 34.0 Å². The Morgan fingerprint density at radius 3 is 2.62 bits per heavy atom. The summed E-state index contributed by atoms with van der Waals surface area (Å²) in [5.41, 5.74) is 5.42. The van der Waals surface area contributed by atoms with Gasteiger partial charge >= 0.3 is 0 Å². The van der Waals surface area contributed by atoms with Crippen LogP contribution in [-0.2, 0) is 13.0 Å². The molecule has 37 heavy (non-hydrogen) atoms. The smallest absolute Gasteiger partial charge is 0.234 e. The number of rotatable bonds is 5. The van der Waals surface area contributed by atoms with Crippen LogP contribution in [0.3, 0.4) is 0 Å². The molecule has 1 aromatic heterocycles. The third-order valence-electron chi connectivity index (χ3n) is 8.38. The Kier molecular flexibility index (Phi) is 6.62. The molecule has 4 heterocycles. The molecule has 1 atom stereocenters. The molecule has 3 aliphatic heterocycles. The van der Waals surface area contributed by atoms with E-state index in [2.05, 4.69) is 76.5 Å². The van der Waals surface area contributed by atoms with E-state index in [9.17, 15) is 5.26 Å². The van der Waals surface area contributed by atoms with Crippen LogP contribution in [0.2, 0.25) is 0 Å². The molecule has 0 saturated carbocycles. The van der Waals surface area contributed by atoms with Gasteiger partial charge in [0.2, 0.25) is 5.88 Å². The molecule has 2 saturated heterocycles. The van der Waals surface area contributed by atoms with E-state index in [0.717, 1.165) is 63.5 Å². The van der Waals surface area contributed by atoms with E-state index >= 15 is 0 Å². The fraction of sp³-hybridized carbons (Fsp3) is 0.467. The fourth-order valence-corrected chi connectivity index (χ4v) is 6.29. The van der Waals surface area contributed by atoms with Crippen LogP contribution in [-0.4, -0.2) is 68.8 Å². The number of pyridine rings is 1. The average Bonchev–Trinajstić information content (AvgIpc) is 3.35. The number of benzene rings is 2. The second-order valence-corrected chi connectivity index (χ2v) is 10.6. The van der Waals surface area contributed by atoms with Crippen molar-refractivity contribution in [2.75, 3.05) is 62.7 Å². The highest BCUT2D eigenvalue weighted by molar-refractivity contribution is 5.97. The minimum absolute atomic E-state index is 0.377. The molecule has 2 aromatic carbocycles. The minimum Gasteiger partial charge on any atom is -0.475 e. The van der Waals surface area contributed by atoms with Gasteiger partial charge in [-0.1, -0.05) is 30.3 Å². The van der Waals surface area contributed by atoms with Gasteiger partial charge < -0.3 is 24.8 Å². The van der Waals surface area contributed by atoms with Crippen LogP contribution in [0.15, 0.2) is 36.4 Å². The highest BCUT2D eigenvalue weighted by Gasteiger charge is 2.31. The monoisotopic (exact) mass is 496 g/mol. The summed E-state index contributed by atoms with van der Waals surface area (Å²) in [5, 5.41) is 16.4. The van der Waals surface area contributed by atoms with Gasteiger partial charge in [0, 0.05) is 67.5 Å². The number of hydrogen-bond donors (Lipinski definition) is 1. The largest absolute Gasteiger partial charge is 0.475 e. The maximum Gasteiger partial charge on any atom is 0.234 e. The van der Waals surface area contributed by atoms with E-state index in [0.29, 0.717) is 30.6 Å². The van der Waals surface area contributed by atoms with Gasteiger partial charge in [-0.25, -0.2) is 0 Å². The van der Waals surface area contributed by atoms with Crippen LogP contribution in [0.25, 0.3) is 10.8 Å². The summed E-state index contributed by atoms with van der Waals surface area (Å²) in [4.78, 5) is 12.2. The maximum atomic E-state index is 10.4. The Balaban J connectivity index is 1.41. The summed E-state index contributed by atoms with van der Waals surface area (Å²) in [7, 11) is 2.16. The van der Waals surface area contributed by atoms with Crippen molar-refractivity contribution >= 4 is 22.3 Å². The van der Waals surface area contributed by atoms with Crippen LogP contribution in [0.5, 0.6) is 5.88 Å². The molecule has 0 amide bonds. The zero-order chi connectivity index (χ0) is 25.4. The zero-order valence-electron chi connectivity index (χ0n) is 22.0. The van der Waals surface area contributed by atoms with Crippen LogP contribution >= 0.6 is 0 Å². The van der Waals surface area contributed by atoms with Crippen molar-refractivity contribution in [2.45, 2.75) is 38.8 Å². The summed E-state index contributed by atoms with van der Waals surface area (Å²) in [6.45, 7) is 9.17. The van der Waals surface area contributed by atoms with Crippen molar-refractivity contribution in [2.24, 2.45) is 0 Å². The Hall–Kier alpha value is -3.34. The standard InChI is InChI=1S/C30H36N6O/c1-21-6-3-7-22-8-4-10-27(28(21)22)36-15-11-24-26(19-36)25(18-31)30(37-20-23-9-5-14-34(23)2)33-29(24)35-16-12-32-13-17-35/h3-4,6-8,10,23,32H,5,9,11-17,19-20H2,1-2H3. The summed E-state index contributed by atoms with van der Waals surface area (Å²) in [5.74, 6) is 1.52. The first-order valence-corrected chi connectivity index (χ1v) is 13.6. The van der Waals surface area contributed by atoms with Gasteiger partial charge in [-0.2, -0.15) is 10.2 Å². The number of ether oxygens (including phenoxy) is 1. The molecule has 192 valence electrons. The summed E-state index contributed by atoms with van der Waals surface area (Å²) < 4.78 is 6.37. The molecule has 0 spiro atoms. The van der Waals surface area contributed by atoms with Gasteiger partial charge in [-0.3, -0.25) is 0 Å². The molecule has 0 aliphatic carbocycles. The number of anilines is 2. The lowest BCUT2D eigenvalue weighted by atomic mass is 9.94. The van der Waals surface area contributed by atoms with Crippen molar-refractivity contribution < 1.29 is 4.74 Å². The predicted molar refractivity (Wildman–Crippen MR) is 149 cm³/mol. The number of fused-ring (bicyclic) bond motifs is 2. The Morgan fingerprint density at radius 1 is 1.05 bits per heavy atom. The van der Waals surface area contributed by atoms with Crippen molar-refractivity contribution in [3.8, 4) is 11.9 Å². The topological polar surface area (TPSA) is 67.7 Å². The molecule has 1 N–H and O–H groups in total. The highest BCUT2D eigenvalue weighted by Crippen LogP contribution is 2.38. The molecule has 7 heteroatoms. The third kappa shape index (κ3) is 4.49. The minimum atomic E-state index is 0.377. The SMILES string of the molecule is Cc1cccc2cccc(N3CCc4c(N5CCNCC5)nc(OCC5CCCN5C)c(C#N)c4C3)c12. The number of likely N-dealkylation sites (N-methyl/N-ethyl adjacent to an activating group) is 1. The van der Waals surface area contributed by atoms with Gasteiger partial charge in [0.25, 0.3) is 0 Å². The Morgan fingerprint density at radius 2 is 1.86 bits per heavy atom. The van der Waals surface area contributed by atoms with Gasteiger partial charge in [-0.15, -0.1) is 0 Å². The molecule has 7 nitrogen and oxygen atoms in total. The molecule has 0 radical (unpaired) electrons. The van der Waals surface area contributed by atoms with Crippen molar-refractivity contribution in [1.29, 1.82) is 5.26 Å². The van der Waals surface area contributed by atoms with Crippen molar-refractivity contribution in [3.05, 3.63) is 58.7 Å². The first kappa shape index (κ1) is 24.0. The molecule has 6 rings (SSSR count). The van der Waals surface area contributed by atoms with Crippen molar-refractivity contribution in [3.63, 3.8) is 0 Å². The van der Waals surface area contributed by atoms with E-state index in [1.807, 2.05) is 0 Å².